The van der Waals surface area contributed by atoms with E-state index in [9.17, 15) is 13.2 Å². The number of benzene rings is 4. The van der Waals surface area contributed by atoms with E-state index in [4.69, 9.17) is 9.47 Å². The predicted molar refractivity (Wildman–Crippen MR) is 159 cm³/mol. The minimum atomic E-state index is -3.71. The number of amides is 1. The average Bonchev–Trinajstić information content (AvgIpc) is 3.56. The summed E-state index contributed by atoms with van der Waals surface area (Å²) in [4.78, 5) is 15.3. The first-order valence-corrected chi connectivity index (χ1v) is 15.1. The lowest BCUT2D eigenvalue weighted by Gasteiger charge is -2.26. The van der Waals surface area contributed by atoms with Crippen molar-refractivity contribution in [2.24, 2.45) is 0 Å². The number of nitrogens with zero attached hydrogens (tertiary/aromatic N) is 2. The third kappa shape index (κ3) is 4.98. The van der Waals surface area contributed by atoms with E-state index in [2.05, 4.69) is 0 Å². The normalized spacial score (nSPS) is 17.0. The first-order chi connectivity index (χ1) is 19.8. The molecule has 2 aliphatic heterocycles. The highest BCUT2D eigenvalue weighted by Crippen LogP contribution is 2.44. The van der Waals surface area contributed by atoms with Crippen LogP contribution in [0.2, 0.25) is 0 Å². The van der Waals surface area contributed by atoms with Crippen LogP contribution in [-0.2, 0) is 34.3 Å². The number of hydrogen-bond acceptors (Lipinski definition) is 5. The lowest BCUT2D eigenvalue weighted by atomic mass is 9.93. The topological polar surface area (TPSA) is 76.2 Å². The van der Waals surface area contributed by atoms with Gasteiger partial charge in [-0.25, -0.2) is 13.2 Å². The van der Waals surface area contributed by atoms with E-state index in [-0.39, 0.29) is 30.6 Å². The Balaban J connectivity index is 1.46. The van der Waals surface area contributed by atoms with Crippen molar-refractivity contribution in [3.8, 4) is 16.9 Å². The Morgan fingerprint density at radius 3 is 2.32 bits per heavy atom. The number of ether oxygens (including phenoxy) is 2. The fourth-order valence-electron chi connectivity index (χ4n) is 5.78. The Bertz CT molecular complexity index is 1720. The summed E-state index contributed by atoms with van der Waals surface area (Å²) in [5.41, 5.74) is 7.22. The van der Waals surface area contributed by atoms with Crippen LogP contribution < -0.4 is 9.64 Å². The molecular weight excluding hydrogens is 536 g/mol. The van der Waals surface area contributed by atoms with Crippen LogP contribution in [0.1, 0.15) is 27.8 Å². The van der Waals surface area contributed by atoms with Gasteiger partial charge in [-0.15, -0.1) is 0 Å². The summed E-state index contributed by atoms with van der Waals surface area (Å²) in [6.07, 6.45) is 0.212. The second-order valence-corrected chi connectivity index (χ2v) is 12.6. The molecule has 0 radical (unpaired) electrons. The molecule has 0 aromatic heterocycles. The molecule has 0 N–H and O–H groups in total. The molecule has 1 saturated heterocycles. The molecule has 1 fully saturated rings. The van der Waals surface area contributed by atoms with Gasteiger partial charge in [0.1, 0.15) is 12.4 Å². The molecule has 7 nitrogen and oxygen atoms in total. The molecule has 0 saturated carbocycles. The minimum absolute atomic E-state index is 0.217. The standard InChI is InChI=1S/C33H32N2O5S/c1-22-12-14-28(15-13-22)41(37,38)34-19-25-17-29(32-23(2)8-7-11-31(32)39-3)30(18-26(25)20-34)35-27(21-40-33(35)36)16-24-9-5-4-6-10-24/h4-15,17-18,27H,16,19-21H2,1-3H3/t27-/m1/s1. The minimum Gasteiger partial charge on any atom is -0.496 e. The van der Waals surface area contributed by atoms with Crippen LogP contribution >= 0.6 is 0 Å². The van der Waals surface area contributed by atoms with Crippen molar-refractivity contribution in [3.63, 3.8) is 0 Å². The number of anilines is 1. The zero-order valence-corrected chi connectivity index (χ0v) is 24.1. The molecule has 0 spiro atoms. The molecular formula is C33H32N2O5S. The van der Waals surface area contributed by atoms with E-state index in [1.54, 1.807) is 24.1 Å². The number of aryl methyl sites for hydroxylation is 2. The fourth-order valence-corrected chi connectivity index (χ4v) is 7.18. The van der Waals surface area contributed by atoms with E-state index in [1.165, 1.54) is 4.31 Å². The van der Waals surface area contributed by atoms with Crippen LogP contribution in [0.4, 0.5) is 10.5 Å². The van der Waals surface area contributed by atoms with Crippen molar-refractivity contribution < 1.29 is 22.7 Å². The Kier molecular flexibility index (Phi) is 7.05. The number of hydrogen-bond donors (Lipinski definition) is 0. The number of sulfonamides is 1. The first kappa shape index (κ1) is 27.1. The molecule has 1 atom stereocenters. The van der Waals surface area contributed by atoms with Gasteiger partial charge in [0.15, 0.2) is 0 Å². The molecule has 6 rings (SSSR count). The monoisotopic (exact) mass is 568 g/mol. The summed E-state index contributed by atoms with van der Waals surface area (Å²) in [6.45, 7) is 4.66. The third-order valence-electron chi connectivity index (χ3n) is 7.93. The number of fused-ring (bicyclic) bond motifs is 1. The van der Waals surface area contributed by atoms with E-state index >= 15 is 0 Å². The zero-order chi connectivity index (χ0) is 28.7. The molecule has 0 unspecified atom stereocenters. The maximum Gasteiger partial charge on any atom is 0.414 e. The third-order valence-corrected chi connectivity index (χ3v) is 9.73. The number of carbonyl (C=O) groups is 1. The molecule has 210 valence electrons. The maximum absolute atomic E-state index is 13.6. The van der Waals surface area contributed by atoms with Gasteiger partial charge in [0, 0.05) is 24.2 Å². The fraction of sp³-hybridized carbons (Fsp3) is 0.242. The summed E-state index contributed by atoms with van der Waals surface area (Å²) in [7, 11) is -2.08. The maximum atomic E-state index is 13.6. The largest absolute Gasteiger partial charge is 0.496 e. The van der Waals surface area contributed by atoms with Crippen molar-refractivity contribution in [2.75, 3.05) is 18.6 Å². The van der Waals surface area contributed by atoms with Crippen LogP contribution in [0.15, 0.2) is 89.8 Å². The van der Waals surface area contributed by atoms with Gasteiger partial charge in [0.25, 0.3) is 0 Å². The molecule has 0 bridgehead atoms. The number of rotatable bonds is 7. The van der Waals surface area contributed by atoms with Gasteiger partial charge in [-0.2, -0.15) is 4.31 Å². The second kappa shape index (κ2) is 10.7. The molecule has 2 heterocycles. The van der Waals surface area contributed by atoms with E-state index < -0.39 is 16.1 Å². The Morgan fingerprint density at radius 1 is 0.902 bits per heavy atom. The van der Waals surface area contributed by atoms with E-state index in [0.717, 1.165) is 38.9 Å². The lowest BCUT2D eigenvalue weighted by Crippen LogP contribution is -2.35. The molecule has 4 aromatic rings. The number of methoxy groups -OCH3 is 1. The Labute approximate surface area is 241 Å². The van der Waals surface area contributed by atoms with Crippen LogP contribution in [0.25, 0.3) is 11.1 Å². The van der Waals surface area contributed by atoms with Gasteiger partial charge >= 0.3 is 6.09 Å². The van der Waals surface area contributed by atoms with Crippen LogP contribution in [0.3, 0.4) is 0 Å². The highest BCUT2D eigenvalue weighted by Gasteiger charge is 2.38. The summed E-state index contributed by atoms with van der Waals surface area (Å²) in [6, 6.07) is 26.6. The van der Waals surface area contributed by atoms with Crippen LogP contribution in [0, 0.1) is 13.8 Å². The zero-order valence-electron chi connectivity index (χ0n) is 23.3. The number of carbonyl (C=O) groups excluding carboxylic acids is 1. The van der Waals surface area contributed by atoms with Crippen molar-refractivity contribution >= 4 is 21.8 Å². The smallest absolute Gasteiger partial charge is 0.414 e. The quantitative estimate of drug-likeness (QED) is 0.263. The molecule has 0 aliphatic carbocycles. The SMILES string of the molecule is COc1cccc(C)c1-c1cc2c(cc1N1C(=O)OC[C@H]1Cc1ccccc1)CN(S(=O)(=O)c1ccc(C)cc1)C2. The molecule has 2 aliphatic rings. The van der Waals surface area contributed by atoms with Crippen LogP contribution in [0.5, 0.6) is 5.75 Å². The van der Waals surface area contributed by atoms with Crippen molar-refractivity contribution in [1.82, 2.24) is 4.31 Å². The van der Waals surface area contributed by atoms with E-state index in [0.29, 0.717) is 17.9 Å². The molecule has 1 amide bonds. The van der Waals surface area contributed by atoms with Gasteiger partial charge < -0.3 is 9.47 Å². The Morgan fingerprint density at radius 2 is 1.61 bits per heavy atom. The summed E-state index contributed by atoms with van der Waals surface area (Å²) >= 11 is 0. The Hall–Kier alpha value is -4.14. The molecule has 8 heteroatoms. The first-order valence-electron chi connectivity index (χ1n) is 13.6. The highest BCUT2D eigenvalue weighted by molar-refractivity contribution is 7.89. The van der Waals surface area contributed by atoms with Gasteiger partial charge in [0.05, 0.1) is 23.7 Å². The van der Waals surface area contributed by atoms with Gasteiger partial charge in [-0.1, -0.05) is 60.2 Å². The average molecular weight is 569 g/mol. The van der Waals surface area contributed by atoms with Gasteiger partial charge in [0.2, 0.25) is 10.0 Å². The number of cyclic esters (lactones) is 1. The van der Waals surface area contributed by atoms with Crippen LogP contribution in [-0.4, -0.2) is 38.6 Å². The predicted octanol–water partition coefficient (Wildman–Crippen LogP) is 6.25. The summed E-state index contributed by atoms with van der Waals surface area (Å²) in [5, 5.41) is 0. The highest BCUT2D eigenvalue weighted by atomic mass is 32.2. The summed E-state index contributed by atoms with van der Waals surface area (Å²) < 4.78 is 40.0. The van der Waals surface area contributed by atoms with Gasteiger partial charge in [-0.3, -0.25) is 4.90 Å². The van der Waals surface area contributed by atoms with Crippen molar-refractivity contribution in [2.45, 2.75) is 44.3 Å². The summed E-state index contributed by atoms with van der Waals surface area (Å²) in [5.74, 6) is 0.681. The lowest BCUT2D eigenvalue weighted by molar-refractivity contribution is 0.178. The van der Waals surface area contributed by atoms with Gasteiger partial charge in [-0.05, 0) is 72.9 Å². The van der Waals surface area contributed by atoms with Crippen molar-refractivity contribution in [1.29, 1.82) is 0 Å². The second-order valence-electron chi connectivity index (χ2n) is 10.7. The molecule has 41 heavy (non-hydrogen) atoms. The van der Waals surface area contributed by atoms with Crippen molar-refractivity contribution in [3.05, 3.63) is 113 Å². The van der Waals surface area contributed by atoms with E-state index in [1.807, 2.05) is 86.6 Å². The molecule has 4 aromatic carbocycles.